The number of ether oxygens (including phenoxy) is 2. The topological polar surface area (TPSA) is 38.8 Å². The van der Waals surface area contributed by atoms with E-state index in [2.05, 4.69) is 12.1 Å². The van der Waals surface area contributed by atoms with Crippen molar-refractivity contribution in [1.29, 1.82) is 0 Å². The second-order valence-electron chi connectivity index (χ2n) is 6.50. The van der Waals surface area contributed by atoms with Crippen molar-refractivity contribution in [3.05, 3.63) is 35.2 Å². The molecular weight excluding hydrogens is 310 g/mol. The van der Waals surface area contributed by atoms with Crippen LogP contribution in [0.1, 0.15) is 28.9 Å². The van der Waals surface area contributed by atoms with Gasteiger partial charge in [-0.3, -0.25) is 4.79 Å². The van der Waals surface area contributed by atoms with E-state index >= 15 is 0 Å². The third kappa shape index (κ3) is 2.77. The van der Waals surface area contributed by atoms with E-state index in [1.807, 2.05) is 23.1 Å². The van der Waals surface area contributed by atoms with Gasteiger partial charge in [0.1, 0.15) is 0 Å². The zero-order valence-corrected chi connectivity index (χ0v) is 14.1. The number of fused-ring (bicyclic) bond motifs is 1. The summed E-state index contributed by atoms with van der Waals surface area (Å²) in [5.41, 5.74) is -0.0718. The summed E-state index contributed by atoms with van der Waals surface area (Å²) in [5, 5.41) is 1.15. The molecule has 2 fully saturated rings. The van der Waals surface area contributed by atoms with E-state index in [1.165, 1.54) is 4.70 Å². The number of carbonyl (C=O) groups excluding carboxylic acids is 1. The van der Waals surface area contributed by atoms with Crippen LogP contribution in [-0.2, 0) is 9.47 Å². The number of likely N-dealkylation sites (tertiary alicyclic amines) is 1. The Hall–Kier alpha value is -1.43. The lowest BCUT2D eigenvalue weighted by molar-refractivity contribution is -0.0401. The Morgan fingerprint density at radius 3 is 2.83 bits per heavy atom. The number of methoxy groups -OCH3 is 1. The smallest absolute Gasteiger partial charge is 0.263 e. The Morgan fingerprint density at radius 2 is 2.13 bits per heavy atom. The maximum absolute atomic E-state index is 12.8. The predicted octanol–water partition coefficient (Wildman–Crippen LogP) is 3.31. The minimum Gasteiger partial charge on any atom is -0.379 e. The molecule has 4 rings (SSSR count). The molecule has 0 unspecified atom stereocenters. The molecule has 2 aliphatic heterocycles. The third-order valence-electron chi connectivity index (χ3n) is 5.11. The van der Waals surface area contributed by atoms with Crippen molar-refractivity contribution in [3.8, 4) is 0 Å². The van der Waals surface area contributed by atoms with Crippen LogP contribution in [0.4, 0.5) is 0 Å². The first kappa shape index (κ1) is 15.1. The molecule has 4 nitrogen and oxygen atoms in total. The molecule has 0 N–H and O–H groups in total. The van der Waals surface area contributed by atoms with Crippen LogP contribution in [0.15, 0.2) is 30.3 Å². The van der Waals surface area contributed by atoms with Gasteiger partial charge in [0.25, 0.3) is 5.91 Å². The van der Waals surface area contributed by atoms with Crippen molar-refractivity contribution in [2.45, 2.75) is 31.0 Å². The van der Waals surface area contributed by atoms with E-state index < -0.39 is 0 Å². The van der Waals surface area contributed by atoms with Gasteiger partial charge in [0.2, 0.25) is 0 Å². The van der Waals surface area contributed by atoms with Crippen LogP contribution in [0.2, 0.25) is 0 Å². The summed E-state index contributed by atoms with van der Waals surface area (Å²) in [7, 11) is 1.74. The molecule has 0 bridgehead atoms. The molecular formula is C18H21NO3S. The average Bonchev–Trinajstić information content (AvgIpc) is 3.19. The third-order valence-corrected chi connectivity index (χ3v) is 6.21. The fourth-order valence-corrected chi connectivity index (χ4v) is 4.69. The highest BCUT2D eigenvalue weighted by molar-refractivity contribution is 7.20. The molecule has 0 saturated carbocycles. The van der Waals surface area contributed by atoms with E-state index in [9.17, 15) is 4.79 Å². The standard InChI is InChI=1S/C18H21NO3S/c1-21-14-11-18(22-12-14)6-8-19(9-7-18)17(20)16-10-13-4-2-3-5-15(13)23-16/h2-5,10,14H,6-9,11-12H2,1H3/t14-/m0/s1. The molecule has 122 valence electrons. The Bertz CT molecular complexity index is 685. The van der Waals surface area contributed by atoms with Gasteiger partial charge in [0.05, 0.1) is 23.2 Å². The quantitative estimate of drug-likeness (QED) is 0.847. The largest absolute Gasteiger partial charge is 0.379 e. The Kier molecular flexibility index (Phi) is 3.87. The lowest BCUT2D eigenvalue weighted by atomic mass is 9.88. The molecule has 0 radical (unpaired) electrons. The lowest BCUT2D eigenvalue weighted by Gasteiger charge is -2.38. The van der Waals surface area contributed by atoms with Gasteiger partial charge in [0.15, 0.2) is 0 Å². The van der Waals surface area contributed by atoms with Crippen molar-refractivity contribution >= 4 is 27.3 Å². The van der Waals surface area contributed by atoms with Gasteiger partial charge < -0.3 is 14.4 Å². The summed E-state index contributed by atoms with van der Waals surface area (Å²) in [6.07, 6.45) is 2.97. The predicted molar refractivity (Wildman–Crippen MR) is 91.1 cm³/mol. The van der Waals surface area contributed by atoms with E-state index in [4.69, 9.17) is 9.47 Å². The maximum atomic E-state index is 12.8. The van der Waals surface area contributed by atoms with Gasteiger partial charge in [-0.05, 0) is 30.4 Å². The molecule has 0 aliphatic carbocycles. The number of amides is 1. The summed E-state index contributed by atoms with van der Waals surface area (Å²) in [6, 6.07) is 10.2. The first-order valence-electron chi connectivity index (χ1n) is 8.14. The molecule has 1 spiro atoms. The Labute approximate surface area is 140 Å². The molecule has 3 heterocycles. The number of thiophene rings is 1. The number of piperidine rings is 1. The second kappa shape index (κ2) is 5.89. The Morgan fingerprint density at radius 1 is 1.35 bits per heavy atom. The van der Waals surface area contributed by atoms with Crippen molar-refractivity contribution in [2.24, 2.45) is 0 Å². The molecule has 2 saturated heterocycles. The number of carbonyl (C=O) groups is 1. The SMILES string of the molecule is CO[C@@H]1COC2(CCN(C(=O)c3cc4ccccc4s3)CC2)C1. The van der Waals surface area contributed by atoms with E-state index in [1.54, 1.807) is 18.4 Å². The maximum Gasteiger partial charge on any atom is 0.263 e. The summed E-state index contributed by atoms with van der Waals surface area (Å²) in [6.45, 7) is 2.22. The van der Waals surface area contributed by atoms with Crippen LogP contribution in [0.5, 0.6) is 0 Å². The van der Waals surface area contributed by atoms with Gasteiger partial charge in [-0.2, -0.15) is 0 Å². The number of rotatable bonds is 2. The summed E-state index contributed by atoms with van der Waals surface area (Å²) >= 11 is 1.58. The minimum absolute atomic E-state index is 0.0718. The molecule has 1 amide bonds. The first-order chi connectivity index (χ1) is 11.2. The fraction of sp³-hybridized carbons (Fsp3) is 0.500. The number of hydrogen-bond donors (Lipinski definition) is 0. The normalized spacial score (nSPS) is 23.7. The van der Waals surface area contributed by atoms with E-state index in [0.717, 1.165) is 42.6 Å². The molecule has 5 heteroatoms. The van der Waals surface area contributed by atoms with Crippen LogP contribution < -0.4 is 0 Å². The van der Waals surface area contributed by atoms with Gasteiger partial charge in [-0.15, -0.1) is 11.3 Å². The first-order valence-corrected chi connectivity index (χ1v) is 8.95. The molecule has 2 aliphatic rings. The fourth-order valence-electron chi connectivity index (χ4n) is 3.66. The van der Waals surface area contributed by atoms with E-state index in [-0.39, 0.29) is 17.6 Å². The summed E-state index contributed by atoms with van der Waals surface area (Å²) in [4.78, 5) is 15.6. The highest BCUT2D eigenvalue weighted by Crippen LogP contribution is 2.37. The Balaban J connectivity index is 1.45. The molecule has 1 aromatic heterocycles. The molecule has 23 heavy (non-hydrogen) atoms. The van der Waals surface area contributed by atoms with Crippen molar-refractivity contribution in [1.82, 2.24) is 4.90 Å². The second-order valence-corrected chi connectivity index (χ2v) is 7.58. The zero-order valence-electron chi connectivity index (χ0n) is 13.3. The molecule has 1 aromatic carbocycles. The van der Waals surface area contributed by atoms with Gasteiger partial charge >= 0.3 is 0 Å². The zero-order chi connectivity index (χ0) is 15.9. The van der Waals surface area contributed by atoms with Crippen molar-refractivity contribution < 1.29 is 14.3 Å². The minimum atomic E-state index is -0.0718. The van der Waals surface area contributed by atoms with Crippen LogP contribution in [0.3, 0.4) is 0 Å². The van der Waals surface area contributed by atoms with Crippen molar-refractivity contribution in [2.75, 3.05) is 26.8 Å². The van der Waals surface area contributed by atoms with Crippen LogP contribution in [-0.4, -0.2) is 49.3 Å². The van der Waals surface area contributed by atoms with Crippen LogP contribution >= 0.6 is 11.3 Å². The highest BCUT2D eigenvalue weighted by atomic mass is 32.1. The molecule has 1 atom stereocenters. The number of nitrogens with zero attached hydrogens (tertiary/aromatic N) is 1. The van der Waals surface area contributed by atoms with Gasteiger partial charge in [0, 0.05) is 31.3 Å². The lowest BCUT2D eigenvalue weighted by Crippen LogP contribution is -2.46. The highest BCUT2D eigenvalue weighted by Gasteiger charge is 2.43. The van der Waals surface area contributed by atoms with Crippen molar-refractivity contribution in [3.63, 3.8) is 0 Å². The summed E-state index contributed by atoms with van der Waals surface area (Å²) in [5.74, 6) is 0.155. The number of hydrogen-bond acceptors (Lipinski definition) is 4. The van der Waals surface area contributed by atoms with E-state index in [0.29, 0.717) is 6.61 Å². The molecule has 2 aromatic rings. The van der Waals surface area contributed by atoms with Gasteiger partial charge in [-0.25, -0.2) is 0 Å². The monoisotopic (exact) mass is 331 g/mol. The number of benzene rings is 1. The van der Waals surface area contributed by atoms with Crippen LogP contribution in [0, 0.1) is 0 Å². The average molecular weight is 331 g/mol. The summed E-state index contributed by atoms with van der Waals surface area (Å²) < 4.78 is 12.6. The van der Waals surface area contributed by atoms with Gasteiger partial charge in [-0.1, -0.05) is 18.2 Å². The van der Waals surface area contributed by atoms with Crippen LogP contribution in [0.25, 0.3) is 10.1 Å².